The summed E-state index contributed by atoms with van der Waals surface area (Å²) in [6.07, 6.45) is 1.76. The lowest BCUT2D eigenvalue weighted by molar-refractivity contribution is 0.0842. The third kappa shape index (κ3) is 2.69. The van der Waals surface area contributed by atoms with Crippen LogP contribution in [-0.2, 0) is 7.05 Å². The minimum Gasteiger partial charge on any atom is -0.347 e. The van der Waals surface area contributed by atoms with Crippen molar-refractivity contribution in [3.63, 3.8) is 0 Å². The van der Waals surface area contributed by atoms with Crippen LogP contribution in [0.3, 0.4) is 0 Å². The van der Waals surface area contributed by atoms with E-state index in [9.17, 15) is 9.59 Å². The predicted octanol–water partition coefficient (Wildman–Crippen LogP) is 2.25. The molecule has 3 aromatic rings. The van der Waals surface area contributed by atoms with Gasteiger partial charge < -0.3 is 4.57 Å². The molecule has 0 bridgehead atoms. The molecule has 1 aromatic heterocycles. The lowest BCUT2D eigenvalue weighted by Gasteiger charge is -2.08. The van der Waals surface area contributed by atoms with Gasteiger partial charge in [0, 0.05) is 18.8 Å². The van der Waals surface area contributed by atoms with Gasteiger partial charge in [0.15, 0.2) is 0 Å². The number of nitrogens with zero attached hydrogens (tertiary/aromatic N) is 1. The first-order valence-corrected chi connectivity index (χ1v) is 6.86. The van der Waals surface area contributed by atoms with Crippen LogP contribution in [0.4, 0.5) is 0 Å². The average Bonchev–Trinajstić information content (AvgIpc) is 2.98. The molecule has 0 saturated carbocycles. The number of rotatable bonds is 2. The molecule has 5 heteroatoms. The van der Waals surface area contributed by atoms with Crippen molar-refractivity contribution in [2.75, 3.05) is 0 Å². The molecule has 0 aliphatic carbocycles. The van der Waals surface area contributed by atoms with Gasteiger partial charge in [-0.15, -0.1) is 0 Å². The highest BCUT2D eigenvalue weighted by Crippen LogP contribution is 2.15. The first-order valence-electron chi connectivity index (χ1n) is 6.86. The summed E-state index contributed by atoms with van der Waals surface area (Å²) in [6, 6.07) is 16.6. The molecule has 2 amide bonds. The highest BCUT2D eigenvalue weighted by atomic mass is 16.2. The molecule has 0 aliphatic rings. The van der Waals surface area contributed by atoms with E-state index in [-0.39, 0.29) is 11.8 Å². The van der Waals surface area contributed by atoms with Gasteiger partial charge in [-0.1, -0.05) is 30.3 Å². The molecule has 0 unspecified atom stereocenters. The van der Waals surface area contributed by atoms with Gasteiger partial charge in [-0.05, 0) is 35.0 Å². The first kappa shape index (κ1) is 13.9. The summed E-state index contributed by atoms with van der Waals surface area (Å²) in [7, 11) is 1.76. The zero-order chi connectivity index (χ0) is 15.5. The molecule has 0 saturated heterocycles. The molecule has 0 aliphatic heterocycles. The van der Waals surface area contributed by atoms with Gasteiger partial charge in [-0.25, -0.2) is 0 Å². The highest BCUT2D eigenvalue weighted by molar-refractivity contribution is 6.00. The van der Waals surface area contributed by atoms with E-state index in [2.05, 4.69) is 10.9 Å². The Morgan fingerprint density at radius 2 is 1.59 bits per heavy atom. The average molecular weight is 293 g/mol. The molecule has 5 nitrogen and oxygen atoms in total. The largest absolute Gasteiger partial charge is 0.347 e. The number of carbonyl (C=O) groups excluding carboxylic acids is 2. The van der Waals surface area contributed by atoms with Crippen molar-refractivity contribution >= 4 is 22.6 Å². The minimum atomic E-state index is -0.360. The maximum atomic E-state index is 12.1. The first-order chi connectivity index (χ1) is 10.6. The maximum absolute atomic E-state index is 12.1. The number of hydrazine groups is 1. The molecule has 2 N–H and O–H groups in total. The molecule has 3 rings (SSSR count). The van der Waals surface area contributed by atoms with Gasteiger partial charge in [0.05, 0.1) is 0 Å². The number of nitrogens with one attached hydrogen (secondary N) is 2. The van der Waals surface area contributed by atoms with Crippen molar-refractivity contribution in [3.8, 4) is 0 Å². The summed E-state index contributed by atoms with van der Waals surface area (Å²) in [5.41, 5.74) is 5.80. The molecular formula is C17H15N3O2. The number of fused-ring (bicyclic) bond motifs is 1. The fraction of sp³-hybridized carbons (Fsp3) is 0.0588. The van der Waals surface area contributed by atoms with Crippen molar-refractivity contribution in [1.82, 2.24) is 15.4 Å². The Morgan fingerprint density at radius 3 is 2.32 bits per heavy atom. The van der Waals surface area contributed by atoms with E-state index in [1.54, 1.807) is 42.1 Å². The van der Waals surface area contributed by atoms with Gasteiger partial charge in [-0.2, -0.15) is 0 Å². The van der Waals surface area contributed by atoms with Crippen LogP contribution in [0.5, 0.6) is 0 Å². The number of carbonyl (C=O) groups is 2. The van der Waals surface area contributed by atoms with Crippen LogP contribution in [0.1, 0.15) is 20.8 Å². The standard InChI is InChI=1S/C17H15N3O2/c1-20-10-4-7-15(20)17(22)19-18-16(21)14-9-8-12-5-2-3-6-13(12)11-14/h2-11H,1H3,(H,18,21)(H,19,22). The van der Waals surface area contributed by atoms with Gasteiger partial charge in [-0.3, -0.25) is 20.4 Å². The normalized spacial score (nSPS) is 10.4. The van der Waals surface area contributed by atoms with Gasteiger partial charge >= 0.3 is 0 Å². The zero-order valence-electron chi connectivity index (χ0n) is 12.0. The van der Waals surface area contributed by atoms with Gasteiger partial charge in [0.2, 0.25) is 0 Å². The van der Waals surface area contributed by atoms with Crippen molar-refractivity contribution in [2.24, 2.45) is 7.05 Å². The van der Waals surface area contributed by atoms with E-state index >= 15 is 0 Å². The lowest BCUT2D eigenvalue weighted by Crippen LogP contribution is -2.42. The van der Waals surface area contributed by atoms with Crippen LogP contribution in [0.15, 0.2) is 60.8 Å². The summed E-state index contributed by atoms with van der Waals surface area (Å²) in [4.78, 5) is 24.0. The second-order valence-electron chi connectivity index (χ2n) is 4.97. The fourth-order valence-corrected chi connectivity index (χ4v) is 2.28. The van der Waals surface area contributed by atoms with Crippen LogP contribution in [-0.4, -0.2) is 16.4 Å². The number of aryl methyl sites for hydroxylation is 1. The Morgan fingerprint density at radius 1 is 0.864 bits per heavy atom. The SMILES string of the molecule is Cn1cccc1C(=O)NNC(=O)c1ccc2ccccc2c1. The summed E-state index contributed by atoms with van der Waals surface area (Å²) < 4.78 is 1.68. The van der Waals surface area contributed by atoms with Crippen LogP contribution in [0.2, 0.25) is 0 Å². The summed E-state index contributed by atoms with van der Waals surface area (Å²) in [6.45, 7) is 0. The molecule has 0 radical (unpaired) electrons. The highest BCUT2D eigenvalue weighted by Gasteiger charge is 2.11. The number of benzene rings is 2. The van der Waals surface area contributed by atoms with E-state index in [1.165, 1.54) is 0 Å². The summed E-state index contributed by atoms with van der Waals surface area (Å²) in [5, 5.41) is 2.04. The Hall–Kier alpha value is -3.08. The second kappa shape index (κ2) is 5.73. The third-order valence-corrected chi connectivity index (χ3v) is 3.48. The van der Waals surface area contributed by atoms with Crippen molar-refractivity contribution in [1.29, 1.82) is 0 Å². The van der Waals surface area contributed by atoms with Gasteiger partial charge in [0.25, 0.3) is 11.8 Å². The van der Waals surface area contributed by atoms with Crippen molar-refractivity contribution in [2.45, 2.75) is 0 Å². The number of amides is 2. The molecule has 0 spiro atoms. The Balaban J connectivity index is 1.71. The predicted molar refractivity (Wildman–Crippen MR) is 84.3 cm³/mol. The van der Waals surface area contributed by atoms with Crippen LogP contribution in [0, 0.1) is 0 Å². The Bertz CT molecular complexity index is 852. The molecule has 1 heterocycles. The quantitative estimate of drug-likeness (QED) is 0.712. The molecule has 0 atom stereocenters. The molecule has 0 fully saturated rings. The number of hydrogen-bond acceptors (Lipinski definition) is 2. The van der Waals surface area contributed by atoms with E-state index in [0.29, 0.717) is 11.3 Å². The Kier molecular flexibility index (Phi) is 3.62. The number of aromatic nitrogens is 1. The lowest BCUT2D eigenvalue weighted by atomic mass is 10.1. The fourth-order valence-electron chi connectivity index (χ4n) is 2.28. The zero-order valence-corrected chi connectivity index (χ0v) is 12.0. The monoisotopic (exact) mass is 293 g/mol. The van der Waals surface area contributed by atoms with Gasteiger partial charge in [0.1, 0.15) is 5.69 Å². The molecule has 110 valence electrons. The van der Waals surface area contributed by atoms with E-state index in [4.69, 9.17) is 0 Å². The molecular weight excluding hydrogens is 278 g/mol. The van der Waals surface area contributed by atoms with E-state index < -0.39 is 0 Å². The van der Waals surface area contributed by atoms with Crippen molar-refractivity contribution in [3.05, 3.63) is 72.1 Å². The van der Waals surface area contributed by atoms with Crippen LogP contribution < -0.4 is 10.9 Å². The molecule has 2 aromatic carbocycles. The summed E-state index contributed by atoms with van der Waals surface area (Å²) >= 11 is 0. The molecule has 22 heavy (non-hydrogen) atoms. The van der Waals surface area contributed by atoms with E-state index in [1.807, 2.05) is 30.3 Å². The summed E-state index contributed by atoms with van der Waals surface area (Å²) in [5.74, 6) is -0.713. The van der Waals surface area contributed by atoms with Crippen LogP contribution >= 0.6 is 0 Å². The van der Waals surface area contributed by atoms with Crippen LogP contribution in [0.25, 0.3) is 10.8 Å². The second-order valence-corrected chi connectivity index (χ2v) is 4.97. The van der Waals surface area contributed by atoms with E-state index in [0.717, 1.165) is 10.8 Å². The minimum absolute atomic E-state index is 0.353. The Labute approximate surface area is 127 Å². The topological polar surface area (TPSA) is 63.1 Å². The smallest absolute Gasteiger partial charge is 0.286 e. The van der Waals surface area contributed by atoms with Crippen molar-refractivity contribution < 1.29 is 9.59 Å². The number of hydrogen-bond donors (Lipinski definition) is 2. The maximum Gasteiger partial charge on any atom is 0.286 e. The third-order valence-electron chi connectivity index (χ3n) is 3.48.